The minimum absolute atomic E-state index is 0.0368. The third-order valence-corrected chi connectivity index (χ3v) is 3.19. The van der Waals surface area contributed by atoms with Crippen molar-refractivity contribution < 1.29 is 19.5 Å². The number of nitrogens with zero attached hydrogens (tertiary/aromatic N) is 1. The van der Waals surface area contributed by atoms with Gasteiger partial charge in [0.15, 0.2) is 0 Å². The smallest absolute Gasteiger partial charge is 0.323 e. The lowest BCUT2D eigenvalue weighted by Gasteiger charge is -2.28. The quantitative estimate of drug-likeness (QED) is 0.699. The van der Waals surface area contributed by atoms with Crippen LogP contribution in [0.2, 0.25) is 0 Å². The highest BCUT2D eigenvalue weighted by Gasteiger charge is 2.37. The van der Waals surface area contributed by atoms with Gasteiger partial charge in [-0.25, -0.2) is 0 Å². The third kappa shape index (κ3) is 2.95. The van der Waals surface area contributed by atoms with Crippen molar-refractivity contribution in [2.75, 3.05) is 13.1 Å². The van der Waals surface area contributed by atoms with Crippen LogP contribution in [-0.4, -0.2) is 46.9 Å². The average molecular weight is 240 g/mol. The van der Waals surface area contributed by atoms with Gasteiger partial charge in [-0.3, -0.25) is 14.4 Å². The first-order valence-corrected chi connectivity index (χ1v) is 5.87. The summed E-state index contributed by atoms with van der Waals surface area (Å²) < 4.78 is 0. The molecule has 6 nitrogen and oxygen atoms in total. The van der Waals surface area contributed by atoms with Gasteiger partial charge in [-0.15, -0.1) is 0 Å². The van der Waals surface area contributed by atoms with Crippen molar-refractivity contribution >= 4 is 17.8 Å². The maximum absolute atomic E-state index is 12.1. The molecule has 1 saturated carbocycles. The lowest BCUT2D eigenvalue weighted by molar-refractivity contribution is -0.147. The molecule has 94 valence electrons. The van der Waals surface area contributed by atoms with Gasteiger partial charge in [0.1, 0.15) is 6.54 Å². The molecule has 1 heterocycles. The predicted molar refractivity (Wildman–Crippen MR) is 58.1 cm³/mol. The van der Waals surface area contributed by atoms with Crippen LogP contribution in [0, 0.1) is 5.92 Å². The number of hydrogen-bond donors (Lipinski definition) is 2. The molecule has 0 aromatic heterocycles. The highest BCUT2D eigenvalue weighted by Crippen LogP contribution is 2.29. The molecule has 1 atom stereocenters. The molecule has 0 bridgehead atoms. The number of carboxylic acid groups (broad SMARTS) is 1. The number of carboxylic acids is 1. The molecule has 1 aliphatic carbocycles. The standard InChI is InChI=1S/C11H16N2O4/c14-9-4-1-7(5-12-9)11(17)13(6-10(15)16)8-2-3-8/h7-8H,1-6H2,(H,12,14)(H,15,16). The fourth-order valence-corrected chi connectivity index (χ4v) is 2.10. The Labute approximate surface area is 99.0 Å². The summed E-state index contributed by atoms with van der Waals surface area (Å²) in [6.45, 7) is 0.106. The van der Waals surface area contributed by atoms with E-state index in [1.165, 1.54) is 4.90 Å². The molecule has 17 heavy (non-hydrogen) atoms. The van der Waals surface area contributed by atoms with Crippen LogP contribution in [0.25, 0.3) is 0 Å². The number of amides is 2. The molecule has 2 N–H and O–H groups in total. The number of carbonyl (C=O) groups excluding carboxylic acids is 2. The molecule has 0 aromatic carbocycles. The Balaban J connectivity index is 1.95. The number of rotatable bonds is 4. The molecule has 1 unspecified atom stereocenters. The Morgan fingerprint density at radius 3 is 2.53 bits per heavy atom. The van der Waals surface area contributed by atoms with Crippen LogP contribution in [0.4, 0.5) is 0 Å². The highest BCUT2D eigenvalue weighted by molar-refractivity contribution is 5.86. The molecule has 6 heteroatoms. The van der Waals surface area contributed by atoms with E-state index >= 15 is 0 Å². The minimum atomic E-state index is -0.981. The van der Waals surface area contributed by atoms with Gasteiger partial charge in [-0.2, -0.15) is 0 Å². The summed E-state index contributed by atoms with van der Waals surface area (Å²) in [5.74, 6) is -1.40. The lowest BCUT2D eigenvalue weighted by atomic mass is 9.97. The monoisotopic (exact) mass is 240 g/mol. The van der Waals surface area contributed by atoms with Crippen molar-refractivity contribution in [2.24, 2.45) is 5.92 Å². The van der Waals surface area contributed by atoms with Crippen molar-refractivity contribution in [3.8, 4) is 0 Å². The zero-order chi connectivity index (χ0) is 12.4. The molecule has 0 spiro atoms. The second kappa shape index (κ2) is 4.73. The summed E-state index contributed by atoms with van der Waals surface area (Å²) in [5, 5.41) is 11.4. The van der Waals surface area contributed by atoms with Crippen LogP contribution in [0.3, 0.4) is 0 Å². The van der Waals surface area contributed by atoms with Crippen molar-refractivity contribution in [3.05, 3.63) is 0 Å². The molecule has 0 aromatic rings. The van der Waals surface area contributed by atoms with E-state index in [-0.39, 0.29) is 30.3 Å². The zero-order valence-corrected chi connectivity index (χ0v) is 9.52. The van der Waals surface area contributed by atoms with E-state index < -0.39 is 5.97 Å². The Morgan fingerprint density at radius 1 is 1.35 bits per heavy atom. The van der Waals surface area contributed by atoms with Gasteiger partial charge in [-0.05, 0) is 19.3 Å². The SMILES string of the molecule is O=C(O)CN(C(=O)C1CCC(=O)NC1)C1CC1. The summed E-state index contributed by atoms with van der Waals surface area (Å²) >= 11 is 0. The van der Waals surface area contributed by atoms with Crippen molar-refractivity contribution in [1.29, 1.82) is 0 Å². The van der Waals surface area contributed by atoms with E-state index in [9.17, 15) is 14.4 Å². The van der Waals surface area contributed by atoms with Crippen LogP contribution in [0.5, 0.6) is 0 Å². The van der Waals surface area contributed by atoms with Gasteiger partial charge in [-0.1, -0.05) is 0 Å². The number of piperidine rings is 1. The second-order valence-electron chi connectivity index (χ2n) is 4.63. The first kappa shape index (κ1) is 11.9. The van der Waals surface area contributed by atoms with E-state index in [4.69, 9.17) is 5.11 Å². The van der Waals surface area contributed by atoms with Crippen LogP contribution >= 0.6 is 0 Å². The van der Waals surface area contributed by atoms with Gasteiger partial charge >= 0.3 is 5.97 Å². The first-order chi connectivity index (χ1) is 8.08. The fraction of sp³-hybridized carbons (Fsp3) is 0.727. The van der Waals surface area contributed by atoms with E-state index in [0.29, 0.717) is 19.4 Å². The van der Waals surface area contributed by atoms with Gasteiger partial charge in [0.25, 0.3) is 0 Å². The molecule has 0 radical (unpaired) electrons. The molecule has 1 saturated heterocycles. The highest BCUT2D eigenvalue weighted by atomic mass is 16.4. The summed E-state index contributed by atoms with van der Waals surface area (Å²) in [7, 11) is 0. The Bertz CT molecular complexity index is 341. The first-order valence-electron chi connectivity index (χ1n) is 5.87. The molecule has 1 aliphatic heterocycles. The normalized spacial score (nSPS) is 24.0. The topological polar surface area (TPSA) is 86.7 Å². The number of aliphatic carboxylic acids is 1. The third-order valence-electron chi connectivity index (χ3n) is 3.19. The molecular weight excluding hydrogens is 224 g/mol. The summed E-state index contributed by atoms with van der Waals surface area (Å²) in [6, 6.07) is 0.0937. The Kier molecular flexibility index (Phi) is 3.31. The Morgan fingerprint density at radius 2 is 2.06 bits per heavy atom. The summed E-state index contributed by atoms with van der Waals surface area (Å²) in [5.41, 5.74) is 0. The zero-order valence-electron chi connectivity index (χ0n) is 9.52. The van der Waals surface area contributed by atoms with E-state index in [2.05, 4.69) is 5.32 Å². The van der Waals surface area contributed by atoms with Crippen LogP contribution in [-0.2, 0) is 14.4 Å². The number of carbonyl (C=O) groups is 3. The summed E-state index contributed by atoms with van der Waals surface area (Å²) in [6.07, 6.45) is 2.64. The van der Waals surface area contributed by atoms with E-state index in [0.717, 1.165) is 12.8 Å². The van der Waals surface area contributed by atoms with Gasteiger partial charge < -0.3 is 15.3 Å². The van der Waals surface area contributed by atoms with E-state index in [1.807, 2.05) is 0 Å². The largest absolute Gasteiger partial charge is 0.480 e. The fourth-order valence-electron chi connectivity index (χ4n) is 2.10. The maximum atomic E-state index is 12.1. The van der Waals surface area contributed by atoms with Crippen molar-refractivity contribution in [2.45, 2.75) is 31.7 Å². The summed E-state index contributed by atoms with van der Waals surface area (Å²) in [4.78, 5) is 35.3. The van der Waals surface area contributed by atoms with Gasteiger partial charge in [0.2, 0.25) is 11.8 Å². The lowest BCUT2D eigenvalue weighted by Crippen LogP contribution is -2.47. The predicted octanol–water partition coefficient (Wildman–Crippen LogP) is -0.412. The molecule has 2 rings (SSSR count). The van der Waals surface area contributed by atoms with Gasteiger partial charge in [0.05, 0.1) is 5.92 Å². The molecule has 2 amide bonds. The van der Waals surface area contributed by atoms with Crippen molar-refractivity contribution in [3.63, 3.8) is 0 Å². The van der Waals surface area contributed by atoms with Crippen molar-refractivity contribution in [1.82, 2.24) is 10.2 Å². The van der Waals surface area contributed by atoms with E-state index in [1.54, 1.807) is 0 Å². The van der Waals surface area contributed by atoms with Crippen LogP contribution < -0.4 is 5.32 Å². The second-order valence-corrected chi connectivity index (χ2v) is 4.63. The number of nitrogens with one attached hydrogen (secondary N) is 1. The van der Waals surface area contributed by atoms with Crippen LogP contribution in [0.15, 0.2) is 0 Å². The molecular formula is C11H16N2O4. The average Bonchev–Trinajstić information content (AvgIpc) is 3.09. The van der Waals surface area contributed by atoms with Gasteiger partial charge in [0, 0.05) is 19.0 Å². The molecule has 2 fully saturated rings. The number of hydrogen-bond acceptors (Lipinski definition) is 3. The Hall–Kier alpha value is -1.59. The molecule has 2 aliphatic rings. The van der Waals surface area contributed by atoms with Crippen LogP contribution in [0.1, 0.15) is 25.7 Å². The maximum Gasteiger partial charge on any atom is 0.323 e. The minimum Gasteiger partial charge on any atom is -0.480 e.